The molecule has 3 heterocycles. The highest BCUT2D eigenvalue weighted by Crippen LogP contribution is 2.36. The molecular formula is C19H18F4N4O3. The monoisotopic (exact) mass is 426 g/mol. The zero-order chi connectivity index (χ0) is 21.9. The summed E-state index contributed by atoms with van der Waals surface area (Å²) in [4.78, 5) is 33.6. The fourth-order valence-electron chi connectivity index (χ4n) is 3.69. The lowest BCUT2D eigenvalue weighted by molar-refractivity contribution is -0.192. The first-order valence-electron chi connectivity index (χ1n) is 9.10. The second-order valence-electron chi connectivity index (χ2n) is 6.76. The number of alkyl halides is 3. The summed E-state index contributed by atoms with van der Waals surface area (Å²) in [5, 5.41) is 7.12. The van der Waals surface area contributed by atoms with E-state index < -0.39 is 18.0 Å². The predicted octanol–water partition coefficient (Wildman–Crippen LogP) is 3.02. The summed E-state index contributed by atoms with van der Waals surface area (Å²) in [6.07, 6.45) is -0.537. The summed E-state index contributed by atoms with van der Waals surface area (Å²) in [6.45, 7) is 0.775. The minimum Gasteiger partial charge on any atom is -0.475 e. The highest BCUT2D eigenvalue weighted by molar-refractivity contribution is 5.95. The summed E-state index contributed by atoms with van der Waals surface area (Å²) in [6, 6.07) is 10.1. The van der Waals surface area contributed by atoms with E-state index in [9.17, 15) is 22.4 Å². The van der Waals surface area contributed by atoms with Crippen LogP contribution < -0.4 is 9.80 Å². The van der Waals surface area contributed by atoms with Gasteiger partial charge in [0.05, 0.1) is 24.5 Å². The van der Waals surface area contributed by atoms with E-state index in [-0.39, 0.29) is 18.0 Å². The van der Waals surface area contributed by atoms with Crippen molar-refractivity contribution in [2.24, 2.45) is 0 Å². The molecule has 2 aliphatic heterocycles. The van der Waals surface area contributed by atoms with Gasteiger partial charge in [-0.05, 0) is 25.0 Å². The van der Waals surface area contributed by atoms with Crippen LogP contribution in [-0.4, -0.2) is 51.8 Å². The Kier molecular flexibility index (Phi) is 6.18. The number of hydrogen-bond acceptors (Lipinski definition) is 5. The molecule has 2 aromatic rings. The van der Waals surface area contributed by atoms with Crippen molar-refractivity contribution in [3.05, 3.63) is 48.5 Å². The van der Waals surface area contributed by atoms with Crippen molar-refractivity contribution in [1.29, 1.82) is 0 Å². The van der Waals surface area contributed by atoms with E-state index >= 15 is 0 Å². The topological polar surface area (TPSA) is 86.6 Å². The predicted molar refractivity (Wildman–Crippen MR) is 98.4 cm³/mol. The van der Waals surface area contributed by atoms with Gasteiger partial charge in [-0.3, -0.25) is 4.79 Å². The molecule has 2 saturated heterocycles. The lowest BCUT2D eigenvalue weighted by atomic mass is 9.95. The number of anilines is 2. The molecule has 30 heavy (non-hydrogen) atoms. The average Bonchev–Trinajstić information content (AvgIpc) is 3.13. The Morgan fingerprint density at radius 1 is 1.07 bits per heavy atom. The Morgan fingerprint density at radius 2 is 1.67 bits per heavy atom. The normalized spacial score (nSPS) is 21.0. The summed E-state index contributed by atoms with van der Waals surface area (Å²) >= 11 is 0. The minimum atomic E-state index is -5.08. The van der Waals surface area contributed by atoms with Gasteiger partial charge in [0.2, 0.25) is 11.9 Å². The van der Waals surface area contributed by atoms with Gasteiger partial charge in [0.15, 0.2) is 5.82 Å². The molecule has 1 aromatic heterocycles. The molecule has 1 amide bonds. The number of carbonyl (C=O) groups is 2. The Balaban J connectivity index is 0.000000318. The van der Waals surface area contributed by atoms with Crippen molar-refractivity contribution in [2.75, 3.05) is 16.3 Å². The number of aliphatic carboxylic acids is 1. The number of para-hydroxylation sites is 1. The van der Waals surface area contributed by atoms with E-state index in [0.717, 1.165) is 25.1 Å². The molecule has 0 aliphatic carbocycles. The number of halogens is 4. The maximum absolute atomic E-state index is 13.0. The Hall–Kier alpha value is -3.24. The molecule has 0 saturated carbocycles. The van der Waals surface area contributed by atoms with Crippen molar-refractivity contribution >= 4 is 23.5 Å². The van der Waals surface area contributed by atoms with Crippen LogP contribution in [0.5, 0.6) is 0 Å². The van der Waals surface area contributed by atoms with Crippen molar-refractivity contribution in [3.8, 4) is 0 Å². The lowest BCUT2D eigenvalue weighted by Crippen LogP contribution is -2.52. The average molecular weight is 426 g/mol. The number of amides is 1. The van der Waals surface area contributed by atoms with Gasteiger partial charge in [-0.1, -0.05) is 18.2 Å². The molecule has 11 heteroatoms. The number of carboxylic acid groups (broad SMARTS) is 1. The Morgan fingerprint density at radius 3 is 2.23 bits per heavy atom. The Labute approximate surface area is 169 Å². The zero-order valence-electron chi connectivity index (χ0n) is 15.6. The first-order chi connectivity index (χ1) is 14.2. The van der Waals surface area contributed by atoms with Crippen LogP contribution in [0.2, 0.25) is 0 Å². The van der Waals surface area contributed by atoms with Crippen LogP contribution >= 0.6 is 0 Å². The lowest BCUT2D eigenvalue weighted by Gasteiger charge is -2.39. The fourth-order valence-corrected chi connectivity index (χ4v) is 3.69. The van der Waals surface area contributed by atoms with Crippen molar-refractivity contribution in [2.45, 2.75) is 37.5 Å². The van der Waals surface area contributed by atoms with Crippen LogP contribution in [0.25, 0.3) is 0 Å². The van der Waals surface area contributed by atoms with E-state index in [4.69, 9.17) is 9.90 Å². The summed E-state index contributed by atoms with van der Waals surface area (Å²) < 4.78 is 44.8. The molecule has 2 aliphatic rings. The summed E-state index contributed by atoms with van der Waals surface area (Å²) in [5.41, 5.74) is 0.939. The number of piperidine rings is 1. The number of fused-ring (bicyclic) bond motifs is 1. The van der Waals surface area contributed by atoms with E-state index in [1.807, 2.05) is 35.2 Å². The van der Waals surface area contributed by atoms with Crippen LogP contribution in [0.3, 0.4) is 0 Å². The second kappa shape index (κ2) is 8.64. The van der Waals surface area contributed by atoms with E-state index in [1.54, 1.807) is 0 Å². The van der Waals surface area contributed by atoms with Crippen molar-refractivity contribution < 1.29 is 32.3 Å². The first kappa shape index (κ1) is 21.5. The number of nitrogens with zero attached hydrogens (tertiary/aromatic N) is 4. The molecule has 1 N–H and O–H groups in total. The molecular weight excluding hydrogens is 408 g/mol. The number of aromatic nitrogens is 2. The van der Waals surface area contributed by atoms with Crippen LogP contribution in [0.4, 0.5) is 29.2 Å². The highest BCUT2D eigenvalue weighted by atomic mass is 19.4. The van der Waals surface area contributed by atoms with Gasteiger partial charge in [0, 0.05) is 18.7 Å². The van der Waals surface area contributed by atoms with E-state index in [0.29, 0.717) is 12.4 Å². The summed E-state index contributed by atoms with van der Waals surface area (Å²) in [7, 11) is 0. The largest absolute Gasteiger partial charge is 0.490 e. The maximum atomic E-state index is 13.0. The van der Waals surface area contributed by atoms with Crippen molar-refractivity contribution in [3.63, 3.8) is 0 Å². The van der Waals surface area contributed by atoms with Gasteiger partial charge in [-0.2, -0.15) is 13.2 Å². The van der Waals surface area contributed by atoms with Crippen LogP contribution in [0.1, 0.15) is 19.3 Å². The van der Waals surface area contributed by atoms with Gasteiger partial charge >= 0.3 is 12.1 Å². The Bertz CT molecular complexity index is 893. The van der Waals surface area contributed by atoms with Gasteiger partial charge in [-0.15, -0.1) is 0 Å². The standard InChI is InChI=1S/C17H17FN4O.C2HF3O2/c18-12-10-19-17(20-11-12)21-9-8-15-14(21)6-7-16(23)22(15)13-4-2-1-3-5-13;3-2(4,5)1(6)7/h1-5,10-11,14-15H,6-9H2;(H,6,7)/t14-,15-;/m0./s1. The molecule has 0 bridgehead atoms. The molecule has 0 spiro atoms. The van der Waals surface area contributed by atoms with Gasteiger partial charge < -0.3 is 14.9 Å². The number of hydrogen-bond donors (Lipinski definition) is 1. The van der Waals surface area contributed by atoms with E-state index in [2.05, 4.69) is 14.9 Å². The summed E-state index contributed by atoms with van der Waals surface area (Å²) in [5.74, 6) is -2.48. The third kappa shape index (κ3) is 4.66. The molecule has 0 radical (unpaired) electrons. The second-order valence-corrected chi connectivity index (χ2v) is 6.76. The quantitative estimate of drug-likeness (QED) is 0.743. The van der Waals surface area contributed by atoms with Gasteiger partial charge in [-0.25, -0.2) is 19.2 Å². The van der Waals surface area contributed by atoms with Crippen LogP contribution in [0, 0.1) is 5.82 Å². The van der Waals surface area contributed by atoms with Gasteiger partial charge in [0.25, 0.3) is 0 Å². The number of rotatable bonds is 2. The maximum Gasteiger partial charge on any atom is 0.490 e. The van der Waals surface area contributed by atoms with Crippen LogP contribution in [-0.2, 0) is 9.59 Å². The smallest absolute Gasteiger partial charge is 0.475 e. The molecule has 1 aromatic carbocycles. The molecule has 2 atom stereocenters. The van der Waals surface area contributed by atoms with E-state index in [1.165, 1.54) is 12.4 Å². The fraction of sp³-hybridized carbons (Fsp3) is 0.368. The molecule has 4 rings (SSSR count). The minimum absolute atomic E-state index is 0.118. The number of carboxylic acids is 1. The zero-order valence-corrected chi connectivity index (χ0v) is 15.6. The molecule has 160 valence electrons. The third-order valence-corrected chi connectivity index (χ3v) is 4.91. The number of benzene rings is 1. The molecule has 2 fully saturated rings. The highest BCUT2D eigenvalue weighted by Gasteiger charge is 2.44. The SMILES string of the molecule is O=C(O)C(F)(F)F.O=C1CC[C@H]2[C@H](CCN2c2ncc(F)cn2)N1c1ccccc1. The van der Waals surface area contributed by atoms with Gasteiger partial charge in [0.1, 0.15) is 0 Å². The molecule has 7 nitrogen and oxygen atoms in total. The van der Waals surface area contributed by atoms with Crippen LogP contribution in [0.15, 0.2) is 42.7 Å². The third-order valence-electron chi connectivity index (χ3n) is 4.91. The number of carbonyl (C=O) groups excluding carboxylic acids is 1. The first-order valence-corrected chi connectivity index (χ1v) is 9.10. The van der Waals surface area contributed by atoms with Crippen molar-refractivity contribution in [1.82, 2.24) is 9.97 Å². The molecule has 0 unspecified atom stereocenters.